The monoisotopic (exact) mass is 1730 g/mol. The van der Waals surface area contributed by atoms with E-state index in [0.29, 0.717) is 50.8 Å². The number of ether oxygens (including phenoxy) is 10. The van der Waals surface area contributed by atoms with Crippen LogP contribution < -0.4 is 39.9 Å². The Morgan fingerprint density at radius 3 is 1.15 bits per heavy atom. The molecule has 20 N–H and O–H groups in total. The first-order valence-electron chi connectivity index (χ1n) is 39.8. The maximum Gasteiger partial charge on any atom is 0.270 e. The fraction of sp³-hybridized carbons (Fsp3) is 0.319. The Labute approximate surface area is 717 Å². The summed E-state index contributed by atoms with van der Waals surface area (Å²) in [5, 5.41) is 163. The number of benzene rings is 10. The summed E-state index contributed by atoms with van der Waals surface area (Å²) < 4.78 is 96.9. The Morgan fingerprint density at radius 1 is 0.344 bits per heavy atom. The van der Waals surface area contributed by atoms with E-state index in [-0.39, 0.29) is 28.5 Å². The molecule has 28 nitrogen and oxygen atoms in total. The Morgan fingerprint density at radius 2 is 0.728 bits per heavy atom. The van der Waals surface area contributed by atoms with Crippen LogP contribution >= 0.6 is 0 Å². The van der Waals surface area contributed by atoms with Crippen molar-refractivity contribution in [1.29, 1.82) is 0 Å². The van der Waals surface area contributed by atoms with E-state index in [2.05, 4.69) is 6.07 Å². The lowest BCUT2D eigenvalue weighted by atomic mass is 9.99. The van der Waals surface area contributed by atoms with Crippen molar-refractivity contribution in [2.45, 2.75) is 150 Å². The van der Waals surface area contributed by atoms with Gasteiger partial charge in [0, 0.05) is 52.1 Å². The molecule has 4 saturated heterocycles. The summed E-state index contributed by atoms with van der Waals surface area (Å²) in [6.07, 6.45) is -13.9. The second kappa shape index (κ2) is 43.3. The van der Waals surface area contributed by atoms with Gasteiger partial charge in [0.1, 0.15) is 121 Å². The summed E-state index contributed by atoms with van der Waals surface area (Å²) in [7, 11) is 2.87. The van der Waals surface area contributed by atoms with Crippen molar-refractivity contribution in [3.05, 3.63) is 261 Å². The Kier molecular flexibility index (Phi) is 32.8. The largest absolute Gasteiger partial charge is 0.497 e. The molecule has 14 rings (SSSR count). The number of aliphatic hydroxyl groups is 16. The van der Waals surface area contributed by atoms with E-state index in [0.717, 1.165) is 56.3 Å². The summed E-state index contributed by atoms with van der Waals surface area (Å²) in [4.78, 5) is 0. The predicted molar refractivity (Wildman–Crippen MR) is 461 cm³/mol. The van der Waals surface area contributed by atoms with Gasteiger partial charge in [0.05, 0.1) is 46.3 Å². The van der Waals surface area contributed by atoms with E-state index < -0.39 is 161 Å². The van der Waals surface area contributed by atoms with E-state index in [9.17, 15) is 94.9 Å². The average Bonchev–Trinajstić information content (AvgIpc) is 0.830. The summed E-state index contributed by atoms with van der Waals surface area (Å²) in [6, 6.07) is 57.2. The summed E-state index contributed by atoms with van der Waals surface area (Å²) in [5.41, 5.74) is 20.2. The fourth-order valence-electron chi connectivity index (χ4n) is 13.8. The SMILES string of the molecule is CC(F)(F)c1ccc(/C=C/c2cc3ccccc3cc2OC2O[C@H](CO)[C@@H](O)[C@H](O)[C@H]2O)cc1.COc1cc(/C=C/c2ccccc2F)c(OC2O[C@H](CO)[C@@H](O)[C@H](O)[C@H]2O)c(OC)c1.Cc1ccc(/C=C/c2cc(N)cc(N)c2OC2O[C@H](CO)[C@@H](O)[C@H](O)[C@H]2O)cc1.Cc1cccc(/C=C/c2cc3ccccc3cc2OC2O[C@H](CO)[C@@H](O)[C@H](O)[C@H]2O)c1. The number of alkyl halides is 2. The third-order valence-corrected chi connectivity index (χ3v) is 21.0. The van der Waals surface area contributed by atoms with Gasteiger partial charge in [0.25, 0.3) is 5.92 Å². The molecule has 4 heterocycles. The lowest BCUT2D eigenvalue weighted by Crippen LogP contribution is -2.60. The molecule has 0 saturated carbocycles. The quantitative estimate of drug-likeness (QED) is 0.0218. The van der Waals surface area contributed by atoms with Crippen LogP contribution in [0.5, 0.6) is 34.5 Å². The lowest BCUT2D eigenvalue weighted by Gasteiger charge is -2.39. The van der Waals surface area contributed by atoms with Crippen LogP contribution in [0.15, 0.2) is 194 Å². The maximum atomic E-state index is 14.0. The number of methoxy groups -OCH3 is 2. The van der Waals surface area contributed by atoms with Gasteiger partial charge in [-0.15, -0.1) is 0 Å². The van der Waals surface area contributed by atoms with Crippen LogP contribution in [0, 0.1) is 19.7 Å². The van der Waals surface area contributed by atoms with Crippen molar-refractivity contribution in [2.75, 3.05) is 52.1 Å². The van der Waals surface area contributed by atoms with Crippen molar-refractivity contribution in [2.24, 2.45) is 0 Å². The number of hydrogen-bond donors (Lipinski definition) is 18. The van der Waals surface area contributed by atoms with Crippen molar-refractivity contribution in [3.63, 3.8) is 0 Å². The molecule has 0 bridgehead atoms. The Hall–Kier alpha value is -10.9. The van der Waals surface area contributed by atoms with Crippen LogP contribution in [0.4, 0.5) is 24.5 Å². The zero-order valence-corrected chi connectivity index (χ0v) is 68.5. The number of aliphatic hydroxyl groups excluding tert-OH is 16. The molecular weight excluding hydrogens is 1630 g/mol. The van der Waals surface area contributed by atoms with Gasteiger partial charge < -0.3 is 141 Å². The van der Waals surface area contributed by atoms with Gasteiger partial charge in [-0.3, -0.25) is 0 Å². The normalized spacial score (nSPS) is 26.3. The smallest absolute Gasteiger partial charge is 0.270 e. The molecule has 20 atom stereocenters. The maximum absolute atomic E-state index is 14.0. The molecule has 0 amide bonds. The highest BCUT2D eigenvalue weighted by Crippen LogP contribution is 2.42. The van der Waals surface area contributed by atoms with Crippen molar-refractivity contribution in [1.82, 2.24) is 0 Å². The first kappa shape index (κ1) is 94.7. The van der Waals surface area contributed by atoms with E-state index >= 15 is 0 Å². The van der Waals surface area contributed by atoms with Crippen LogP contribution in [-0.2, 0) is 24.9 Å². The number of halogens is 3. The number of hydrogen-bond acceptors (Lipinski definition) is 28. The molecule has 0 aromatic heterocycles. The molecule has 10 aromatic carbocycles. The van der Waals surface area contributed by atoms with E-state index in [1.807, 2.05) is 141 Å². The minimum Gasteiger partial charge on any atom is -0.497 e. The minimum absolute atomic E-state index is 0.0815. The summed E-state index contributed by atoms with van der Waals surface area (Å²) in [5.74, 6) is -1.57. The zero-order valence-electron chi connectivity index (χ0n) is 68.5. The molecule has 4 aliphatic heterocycles. The molecule has 10 aromatic rings. The van der Waals surface area contributed by atoms with E-state index in [4.69, 9.17) is 58.8 Å². The van der Waals surface area contributed by atoms with Crippen LogP contribution in [0.2, 0.25) is 0 Å². The molecule has 31 heteroatoms. The van der Waals surface area contributed by atoms with Crippen molar-refractivity contribution >= 4 is 81.5 Å². The number of nitrogen functional groups attached to an aromatic ring is 2. The molecule has 0 radical (unpaired) electrons. The van der Waals surface area contributed by atoms with Gasteiger partial charge in [-0.1, -0.05) is 199 Å². The number of nitrogens with two attached hydrogens (primary N) is 2. The molecule has 4 aliphatic rings. The van der Waals surface area contributed by atoms with Crippen LogP contribution in [0.3, 0.4) is 0 Å². The summed E-state index contributed by atoms with van der Waals surface area (Å²) >= 11 is 0. The predicted octanol–water partition coefficient (Wildman–Crippen LogP) is 7.50. The average molecular weight is 1730 g/mol. The highest BCUT2D eigenvalue weighted by atomic mass is 19.3. The first-order chi connectivity index (χ1) is 59.8. The number of rotatable bonds is 23. The molecule has 125 heavy (non-hydrogen) atoms. The second-order valence-corrected chi connectivity index (χ2v) is 30.2. The zero-order chi connectivity index (χ0) is 90.1. The van der Waals surface area contributed by atoms with Crippen LogP contribution in [0.25, 0.3) is 70.2 Å². The van der Waals surface area contributed by atoms with Gasteiger partial charge in [-0.2, -0.15) is 0 Å². The first-order valence-corrected chi connectivity index (χ1v) is 39.8. The van der Waals surface area contributed by atoms with Gasteiger partial charge in [0.2, 0.25) is 25.2 Å². The fourth-order valence-corrected chi connectivity index (χ4v) is 13.8. The topological polar surface area (TPSA) is 468 Å². The highest BCUT2D eigenvalue weighted by molar-refractivity contribution is 5.90. The standard InChI is InChI=1S/C26H26F2O6.C25H26O6.C22H25FO8.C21H26N2O6/c1-26(27,28)19-10-7-15(8-11-19)6-9-18-12-16-4-2-3-5-17(16)13-20(18)33-25-24(32)23(31)22(30)21(14-29)34-25;1-15-5-4-6-16(11-15)9-10-19-12-17-7-2-3-8-18(17)13-20(19)30-25-24(29)23(28)22(27)21(14-26)31-25;1-28-14-9-13(8-7-12-5-3-4-6-15(12)23)21(16(10-14)29-2)31-22-20(27)19(26)18(25)17(11-24)30-22;1-11-2-4-12(5-3-11)6-7-13-8-14(22)9-15(23)20(13)29-21-19(27)18(26)17(25)16(10-24)28-21/h2-13,21-25,29-32H,14H2,1H3;2-13,21-29H,14H2,1H3;3-10,17-20,22,24-27H,11H2,1-2H3;2-9,16-19,21,24-27H,10,22-23H2,1H3/b9-6+;10-9+;8-7+;7-6+/t2*21-,22-,23+,24-,25?;17-,18-,19+,20-,22?;16-,17-,18+,19-,21?/m1111/s1. The number of aryl methyl sites for hydroxylation is 2. The molecule has 0 aliphatic carbocycles. The number of anilines is 2. The molecular formula is C94H103F3N2O26. The Balaban J connectivity index is 0.000000162. The molecule has 4 unspecified atom stereocenters. The van der Waals surface area contributed by atoms with Crippen LogP contribution in [0.1, 0.15) is 68.1 Å². The van der Waals surface area contributed by atoms with Gasteiger partial charge in [-0.05, 0) is 101 Å². The minimum atomic E-state index is -2.92. The number of fused-ring (bicyclic) bond motifs is 2. The second-order valence-electron chi connectivity index (χ2n) is 30.2. The van der Waals surface area contributed by atoms with E-state index in [1.165, 1.54) is 44.6 Å². The van der Waals surface area contributed by atoms with Gasteiger partial charge in [0.15, 0.2) is 17.2 Å². The molecule has 666 valence electrons. The third-order valence-electron chi connectivity index (χ3n) is 21.0. The summed E-state index contributed by atoms with van der Waals surface area (Å²) in [6.45, 7) is 2.65. The Bertz CT molecular complexity index is 5320. The molecule has 0 spiro atoms. The van der Waals surface area contributed by atoms with Gasteiger partial charge >= 0.3 is 0 Å². The van der Waals surface area contributed by atoms with Crippen LogP contribution in [-0.4, -0.2) is 245 Å². The van der Waals surface area contributed by atoms with Gasteiger partial charge in [-0.25, -0.2) is 13.2 Å². The molecule has 4 fully saturated rings. The lowest BCUT2D eigenvalue weighted by molar-refractivity contribution is -0.277. The third kappa shape index (κ3) is 23.8. The van der Waals surface area contributed by atoms with Crippen molar-refractivity contribution in [3.8, 4) is 34.5 Å². The highest BCUT2D eigenvalue weighted by Gasteiger charge is 2.49. The van der Waals surface area contributed by atoms with E-state index in [1.54, 1.807) is 78.9 Å². The van der Waals surface area contributed by atoms with Crippen molar-refractivity contribution < 1.29 is 142 Å².